The number of halogens is 3. The molecule has 0 radical (unpaired) electrons. The summed E-state index contributed by atoms with van der Waals surface area (Å²) in [5.41, 5.74) is 8.84. The molecule has 0 saturated carbocycles. The van der Waals surface area contributed by atoms with Crippen molar-refractivity contribution in [1.29, 1.82) is 0 Å². The maximum absolute atomic E-state index is 12.1. The number of aliphatic imine (C=N–C) groups is 1. The molecule has 0 aromatic heterocycles. The molecule has 1 unspecified atom stereocenters. The van der Waals surface area contributed by atoms with Gasteiger partial charge in [-0.3, -0.25) is 15.6 Å². The van der Waals surface area contributed by atoms with Crippen molar-refractivity contribution in [3.63, 3.8) is 0 Å². The topological polar surface area (TPSA) is 107 Å². The first kappa shape index (κ1) is 20.3. The monoisotopic (exact) mass is 386 g/mol. The first-order valence-corrected chi connectivity index (χ1v) is 7.65. The van der Waals surface area contributed by atoms with Crippen molar-refractivity contribution in [2.75, 3.05) is 6.54 Å². The van der Waals surface area contributed by atoms with Gasteiger partial charge in [-0.05, 0) is 43.7 Å². The number of alkyl halides is 3. The number of hydrogen-bond donors (Lipinski definition) is 3. The summed E-state index contributed by atoms with van der Waals surface area (Å²) in [5, 5.41) is 5.31. The van der Waals surface area contributed by atoms with Crippen LogP contribution in [0.3, 0.4) is 0 Å². The van der Waals surface area contributed by atoms with Crippen LogP contribution < -0.4 is 21.1 Å². The molecular weight excluding hydrogens is 369 g/mol. The molecule has 2 amide bonds. The number of hydrazine groups is 2. The van der Waals surface area contributed by atoms with Crippen LogP contribution in [-0.4, -0.2) is 47.8 Å². The van der Waals surface area contributed by atoms with E-state index in [2.05, 4.69) is 31.2 Å². The van der Waals surface area contributed by atoms with E-state index in [1.54, 1.807) is 6.92 Å². The summed E-state index contributed by atoms with van der Waals surface area (Å²) in [6.07, 6.45) is -4.93. The van der Waals surface area contributed by atoms with Gasteiger partial charge in [-0.15, -0.1) is 13.2 Å². The van der Waals surface area contributed by atoms with Crippen molar-refractivity contribution in [2.24, 2.45) is 10.1 Å². The molecular formula is C15H17F3N6O3. The molecule has 146 valence electrons. The lowest BCUT2D eigenvalue weighted by Crippen LogP contribution is -2.61. The fourth-order valence-corrected chi connectivity index (χ4v) is 2.10. The highest BCUT2D eigenvalue weighted by atomic mass is 19.4. The lowest BCUT2D eigenvalue weighted by atomic mass is 10.1. The Morgan fingerprint density at radius 1 is 1.41 bits per heavy atom. The number of hydrazone groups is 1. The van der Waals surface area contributed by atoms with Crippen LogP contribution in [0.15, 0.2) is 34.4 Å². The summed E-state index contributed by atoms with van der Waals surface area (Å²) >= 11 is 0. The molecule has 2 rings (SSSR count). The van der Waals surface area contributed by atoms with Gasteiger partial charge in [0.25, 0.3) is 0 Å². The van der Waals surface area contributed by atoms with Crippen LogP contribution in [-0.2, 0) is 4.79 Å². The van der Waals surface area contributed by atoms with Crippen molar-refractivity contribution in [3.05, 3.63) is 29.8 Å². The molecule has 0 fully saturated rings. The molecule has 0 bridgehead atoms. The zero-order chi connectivity index (χ0) is 20.0. The molecule has 1 atom stereocenters. The van der Waals surface area contributed by atoms with Crippen molar-refractivity contribution in [1.82, 2.24) is 21.4 Å². The van der Waals surface area contributed by atoms with E-state index in [4.69, 9.17) is 0 Å². The highest BCUT2D eigenvalue weighted by molar-refractivity contribution is 6.04. The maximum atomic E-state index is 12.1. The summed E-state index contributed by atoms with van der Waals surface area (Å²) < 4.78 is 40.2. The molecule has 12 heteroatoms. The standard InChI is InChI=1S/C15H17F3N6O3/c1-9-7-24(13(8-25)21-20-9)23-22-14(26)19-10(2)11-3-5-12(6-4-11)27-15(16,17)18/h3-6,8,13,21,23H,7H2,1-2H3,(H,22,26). The highest BCUT2D eigenvalue weighted by Crippen LogP contribution is 2.22. The number of benzene rings is 1. The summed E-state index contributed by atoms with van der Waals surface area (Å²) in [6, 6.07) is 4.17. The van der Waals surface area contributed by atoms with Gasteiger partial charge in [0.1, 0.15) is 5.75 Å². The number of aldehydes is 1. The maximum Gasteiger partial charge on any atom is 0.573 e. The second-order valence-corrected chi connectivity index (χ2v) is 5.50. The van der Waals surface area contributed by atoms with E-state index in [0.717, 1.165) is 12.1 Å². The van der Waals surface area contributed by atoms with Crippen LogP contribution in [0.5, 0.6) is 5.75 Å². The van der Waals surface area contributed by atoms with Crippen molar-refractivity contribution < 1.29 is 27.5 Å². The normalized spacial score (nSPS) is 18.3. The molecule has 0 aliphatic carbocycles. The zero-order valence-corrected chi connectivity index (χ0v) is 14.4. The Hall–Kier alpha value is -2.99. The van der Waals surface area contributed by atoms with Crippen LogP contribution in [0.25, 0.3) is 0 Å². The fraction of sp³-hybridized carbons (Fsp3) is 0.333. The Kier molecular flexibility index (Phi) is 6.47. The summed E-state index contributed by atoms with van der Waals surface area (Å²) in [4.78, 5) is 26.6. The number of urea groups is 1. The molecule has 1 aliphatic heterocycles. The van der Waals surface area contributed by atoms with Crippen molar-refractivity contribution in [2.45, 2.75) is 26.4 Å². The molecule has 1 heterocycles. The van der Waals surface area contributed by atoms with Crippen molar-refractivity contribution >= 4 is 23.7 Å². The molecule has 3 N–H and O–H groups in total. The molecule has 1 aliphatic rings. The lowest BCUT2D eigenvalue weighted by molar-refractivity contribution is -0.274. The van der Waals surface area contributed by atoms with Crippen molar-refractivity contribution in [3.8, 4) is 5.75 Å². The largest absolute Gasteiger partial charge is 0.573 e. The van der Waals surface area contributed by atoms with E-state index in [9.17, 15) is 22.8 Å². The number of carbonyl (C=O) groups excluding carboxylic acids is 2. The van der Waals surface area contributed by atoms with Gasteiger partial charge < -0.3 is 4.74 Å². The third kappa shape index (κ3) is 6.34. The molecule has 1 aromatic carbocycles. The summed E-state index contributed by atoms with van der Waals surface area (Å²) in [7, 11) is 0. The lowest BCUT2D eigenvalue weighted by Gasteiger charge is -2.31. The van der Waals surface area contributed by atoms with E-state index in [0.29, 0.717) is 24.1 Å². The Morgan fingerprint density at radius 3 is 2.67 bits per heavy atom. The predicted octanol–water partition coefficient (Wildman–Crippen LogP) is 1.33. The Balaban J connectivity index is 1.94. The SMILES string of the molecule is CC1=NNC(C=O)N(NNC(=O)N=C(C)c2ccc(OC(F)(F)F)cc2)C1. The fourth-order valence-electron chi connectivity index (χ4n) is 2.10. The number of hydrogen-bond acceptors (Lipinski definition) is 7. The average molecular weight is 386 g/mol. The number of ether oxygens (including phenoxy) is 1. The minimum atomic E-state index is -4.78. The third-order valence-corrected chi connectivity index (χ3v) is 3.33. The molecule has 1 aromatic rings. The number of amides is 2. The third-order valence-electron chi connectivity index (χ3n) is 3.33. The van der Waals surface area contributed by atoms with Gasteiger partial charge in [0.05, 0.1) is 18.0 Å². The molecule has 0 saturated heterocycles. The first-order valence-electron chi connectivity index (χ1n) is 7.65. The van der Waals surface area contributed by atoms with Gasteiger partial charge in [0, 0.05) is 0 Å². The van der Waals surface area contributed by atoms with Gasteiger partial charge >= 0.3 is 12.4 Å². The van der Waals surface area contributed by atoms with Gasteiger partial charge in [-0.25, -0.2) is 4.79 Å². The van der Waals surface area contributed by atoms with E-state index >= 15 is 0 Å². The number of rotatable bonds is 5. The van der Waals surface area contributed by atoms with Gasteiger partial charge in [0.2, 0.25) is 0 Å². The minimum absolute atomic E-state index is 0.273. The Labute approximate surface area is 152 Å². The number of carbonyl (C=O) groups is 2. The van der Waals surface area contributed by atoms with Crippen LogP contribution in [0.4, 0.5) is 18.0 Å². The average Bonchev–Trinajstić information content (AvgIpc) is 2.59. The molecule has 27 heavy (non-hydrogen) atoms. The van der Waals surface area contributed by atoms with E-state index < -0.39 is 18.6 Å². The Morgan fingerprint density at radius 2 is 2.07 bits per heavy atom. The first-order chi connectivity index (χ1) is 12.7. The van der Waals surface area contributed by atoms with E-state index in [-0.39, 0.29) is 11.5 Å². The quantitative estimate of drug-likeness (QED) is 0.400. The van der Waals surface area contributed by atoms with Crippen LogP contribution in [0.1, 0.15) is 19.4 Å². The molecule has 9 nitrogen and oxygen atoms in total. The number of nitrogens with zero attached hydrogens (tertiary/aromatic N) is 3. The van der Waals surface area contributed by atoms with Gasteiger partial charge in [-0.1, -0.05) is 0 Å². The summed E-state index contributed by atoms with van der Waals surface area (Å²) in [6.45, 7) is 3.55. The number of nitrogens with one attached hydrogen (secondary N) is 3. The van der Waals surface area contributed by atoms with E-state index in [1.165, 1.54) is 24.1 Å². The molecule has 0 spiro atoms. The second kappa shape index (κ2) is 8.60. The van der Waals surface area contributed by atoms with Gasteiger partial charge in [0.15, 0.2) is 12.5 Å². The summed E-state index contributed by atoms with van der Waals surface area (Å²) in [5.74, 6) is -0.375. The zero-order valence-electron chi connectivity index (χ0n) is 14.4. The predicted molar refractivity (Wildman–Crippen MR) is 89.8 cm³/mol. The van der Waals surface area contributed by atoms with Gasteiger partial charge in [-0.2, -0.15) is 20.6 Å². The van der Waals surface area contributed by atoms with Crippen LogP contribution in [0, 0.1) is 0 Å². The Bertz CT molecular complexity index is 748. The highest BCUT2D eigenvalue weighted by Gasteiger charge is 2.31. The minimum Gasteiger partial charge on any atom is -0.406 e. The van der Waals surface area contributed by atoms with Crippen LogP contribution >= 0.6 is 0 Å². The van der Waals surface area contributed by atoms with Crippen LogP contribution in [0.2, 0.25) is 0 Å². The second-order valence-electron chi connectivity index (χ2n) is 5.50. The van der Waals surface area contributed by atoms with E-state index in [1.807, 2.05) is 0 Å². The smallest absolute Gasteiger partial charge is 0.406 e.